The van der Waals surface area contributed by atoms with E-state index in [1.54, 1.807) is 0 Å². The van der Waals surface area contributed by atoms with Crippen LogP contribution in [0.4, 0.5) is 0 Å². The summed E-state index contributed by atoms with van der Waals surface area (Å²) >= 11 is 0. The Kier molecular flexibility index (Phi) is 3.87. The lowest BCUT2D eigenvalue weighted by Gasteiger charge is -2.22. The third-order valence-corrected chi connectivity index (χ3v) is 6.31. The van der Waals surface area contributed by atoms with Gasteiger partial charge in [-0.3, -0.25) is 9.78 Å². The lowest BCUT2D eigenvalue weighted by molar-refractivity contribution is 0.0999. The summed E-state index contributed by atoms with van der Waals surface area (Å²) in [4.78, 5) is 16.5. The molecule has 2 aliphatic rings. The molecular formula is C25H24N2O. The summed E-state index contributed by atoms with van der Waals surface area (Å²) in [5, 5.41) is 1.20. The number of fused-ring (bicyclic) bond motifs is 1. The number of hydrogen-bond donors (Lipinski definition) is 1. The largest absolute Gasteiger partial charge is 0.366 e. The molecule has 5 rings (SSSR count). The van der Waals surface area contributed by atoms with Gasteiger partial charge in [0.1, 0.15) is 0 Å². The van der Waals surface area contributed by atoms with E-state index in [0.29, 0.717) is 5.56 Å². The van der Waals surface area contributed by atoms with Crippen molar-refractivity contribution in [3.8, 4) is 0 Å². The maximum atomic E-state index is 11.9. The van der Waals surface area contributed by atoms with Crippen LogP contribution in [0.3, 0.4) is 0 Å². The standard InChI is InChI=1S/C25H24N2O/c1-16-19(24(26)28)4-2-6-21(16)25(11-12-25)22-14-18(10-9-17-7-8-17)15-23-20(22)5-3-13-27-23/h2-6,9-10,13-15,17H,7-8,11-12H2,1H3,(H2,26,28). The van der Waals surface area contributed by atoms with Gasteiger partial charge in [-0.05, 0) is 79.0 Å². The summed E-state index contributed by atoms with van der Waals surface area (Å²) in [7, 11) is 0. The fraction of sp³-hybridized carbons (Fsp3) is 0.280. The van der Waals surface area contributed by atoms with Crippen LogP contribution >= 0.6 is 0 Å². The van der Waals surface area contributed by atoms with E-state index < -0.39 is 0 Å². The second kappa shape index (κ2) is 6.30. The Balaban J connectivity index is 1.70. The zero-order valence-corrected chi connectivity index (χ0v) is 16.1. The molecule has 0 atom stereocenters. The molecule has 0 spiro atoms. The summed E-state index contributed by atoms with van der Waals surface area (Å²) in [5.74, 6) is 0.384. The maximum absolute atomic E-state index is 11.9. The molecule has 2 fully saturated rings. The minimum Gasteiger partial charge on any atom is -0.366 e. The second-order valence-corrected chi connectivity index (χ2v) is 8.26. The molecule has 0 bridgehead atoms. The van der Waals surface area contributed by atoms with Gasteiger partial charge in [-0.1, -0.05) is 36.4 Å². The number of carbonyl (C=O) groups is 1. The Morgan fingerprint density at radius 2 is 1.96 bits per heavy atom. The molecule has 2 saturated carbocycles. The quantitative estimate of drug-likeness (QED) is 0.677. The van der Waals surface area contributed by atoms with Gasteiger partial charge < -0.3 is 5.73 Å². The van der Waals surface area contributed by atoms with E-state index in [4.69, 9.17) is 5.73 Å². The van der Waals surface area contributed by atoms with Gasteiger partial charge in [0, 0.05) is 22.6 Å². The first-order valence-electron chi connectivity index (χ1n) is 10.1. The van der Waals surface area contributed by atoms with Crippen molar-refractivity contribution in [1.82, 2.24) is 4.98 Å². The number of hydrogen-bond acceptors (Lipinski definition) is 2. The number of amides is 1. The maximum Gasteiger partial charge on any atom is 0.248 e. The average Bonchev–Trinajstić information content (AvgIpc) is 3.61. The van der Waals surface area contributed by atoms with Crippen molar-refractivity contribution in [3.05, 3.63) is 82.6 Å². The molecule has 28 heavy (non-hydrogen) atoms. The summed E-state index contributed by atoms with van der Waals surface area (Å²) < 4.78 is 0. The summed E-state index contributed by atoms with van der Waals surface area (Å²) in [6, 6.07) is 14.6. The third-order valence-electron chi connectivity index (χ3n) is 6.31. The second-order valence-electron chi connectivity index (χ2n) is 8.26. The van der Waals surface area contributed by atoms with Crippen molar-refractivity contribution >= 4 is 22.9 Å². The Labute approximate surface area is 165 Å². The van der Waals surface area contributed by atoms with Crippen LogP contribution in [-0.4, -0.2) is 10.9 Å². The van der Waals surface area contributed by atoms with Crippen LogP contribution in [0.25, 0.3) is 17.0 Å². The zero-order valence-electron chi connectivity index (χ0n) is 16.1. The number of allylic oxidation sites excluding steroid dienone is 1. The van der Waals surface area contributed by atoms with E-state index in [-0.39, 0.29) is 11.3 Å². The first-order valence-corrected chi connectivity index (χ1v) is 10.1. The Morgan fingerprint density at radius 3 is 2.68 bits per heavy atom. The minimum atomic E-state index is -0.359. The van der Waals surface area contributed by atoms with Gasteiger partial charge in [0.15, 0.2) is 0 Å². The number of nitrogens with two attached hydrogens (primary N) is 1. The van der Waals surface area contributed by atoms with Crippen LogP contribution in [0.1, 0.15) is 58.3 Å². The lowest BCUT2D eigenvalue weighted by atomic mass is 9.81. The SMILES string of the molecule is Cc1c(C(N)=O)cccc1C1(c2cc(C=CC3CC3)cc3ncccc23)CC1. The third kappa shape index (κ3) is 2.82. The summed E-state index contributed by atoms with van der Waals surface area (Å²) in [6.45, 7) is 2.02. The molecule has 140 valence electrons. The summed E-state index contributed by atoms with van der Waals surface area (Å²) in [5.41, 5.74) is 12.0. The molecule has 0 unspecified atom stereocenters. The normalized spacial score (nSPS) is 17.9. The average molecular weight is 368 g/mol. The Bertz CT molecular complexity index is 1120. The highest BCUT2D eigenvalue weighted by atomic mass is 16.1. The Morgan fingerprint density at radius 1 is 1.14 bits per heavy atom. The van der Waals surface area contributed by atoms with Crippen LogP contribution in [-0.2, 0) is 5.41 Å². The van der Waals surface area contributed by atoms with Gasteiger partial charge in [-0.15, -0.1) is 0 Å². The zero-order chi connectivity index (χ0) is 19.3. The van der Waals surface area contributed by atoms with Gasteiger partial charge in [0.25, 0.3) is 0 Å². The van der Waals surface area contributed by atoms with Crippen LogP contribution in [0.5, 0.6) is 0 Å². The van der Waals surface area contributed by atoms with Crippen molar-refractivity contribution in [2.24, 2.45) is 11.7 Å². The lowest BCUT2D eigenvalue weighted by Crippen LogP contribution is -2.17. The van der Waals surface area contributed by atoms with Crippen LogP contribution in [0, 0.1) is 12.8 Å². The Hall–Kier alpha value is -2.94. The number of primary amides is 1. The number of nitrogens with zero attached hydrogens (tertiary/aromatic N) is 1. The number of pyridine rings is 1. The van der Waals surface area contributed by atoms with Crippen LogP contribution in [0.15, 0.2) is 54.7 Å². The van der Waals surface area contributed by atoms with E-state index in [9.17, 15) is 4.79 Å². The molecule has 1 aromatic heterocycles. The van der Waals surface area contributed by atoms with Gasteiger partial charge in [-0.25, -0.2) is 0 Å². The monoisotopic (exact) mass is 368 g/mol. The molecule has 0 saturated heterocycles. The van der Waals surface area contributed by atoms with E-state index >= 15 is 0 Å². The molecular weight excluding hydrogens is 344 g/mol. The number of aromatic nitrogens is 1. The predicted molar refractivity (Wildman–Crippen MR) is 113 cm³/mol. The van der Waals surface area contributed by atoms with Crippen molar-refractivity contribution in [2.75, 3.05) is 0 Å². The molecule has 1 heterocycles. The predicted octanol–water partition coefficient (Wildman–Crippen LogP) is 5.15. The van der Waals surface area contributed by atoms with Crippen molar-refractivity contribution in [1.29, 1.82) is 0 Å². The first kappa shape index (κ1) is 17.2. The van der Waals surface area contributed by atoms with Crippen LogP contribution in [0.2, 0.25) is 0 Å². The van der Waals surface area contributed by atoms with Crippen molar-refractivity contribution in [2.45, 2.75) is 38.0 Å². The highest BCUT2D eigenvalue weighted by molar-refractivity contribution is 5.95. The van der Waals surface area contributed by atoms with E-state index in [1.807, 2.05) is 31.3 Å². The molecule has 2 aromatic carbocycles. The minimum absolute atomic E-state index is 0.0553. The molecule has 3 aromatic rings. The topological polar surface area (TPSA) is 56.0 Å². The smallest absolute Gasteiger partial charge is 0.248 e. The van der Waals surface area contributed by atoms with E-state index in [0.717, 1.165) is 29.8 Å². The first-order chi connectivity index (χ1) is 13.6. The molecule has 3 heteroatoms. The van der Waals surface area contributed by atoms with Gasteiger partial charge in [-0.2, -0.15) is 0 Å². The molecule has 3 nitrogen and oxygen atoms in total. The fourth-order valence-electron chi connectivity index (χ4n) is 4.46. The highest BCUT2D eigenvalue weighted by Crippen LogP contribution is 2.56. The van der Waals surface area contributed by atoms with E-state index in [1.165, 1.54) is 34.9 Å². The molecule has 1 amide bonds. The molecule has 0 aliphatic heterocycles. The van der Waals surface area contributed by atoms with Crippen LogP contribution < -0.4 is 5.73 Å². The van der Waals surface area contributed by atoms with Gasteiger partial charge >= 0.3 is 0 Å². The van der Waals surface area contributed by atoms with Gasteiger partial charge in [0.2, 0.25) is 5.91 Å². The number of rotatable bonds is 5. The fourth-order valence-corrected chi connectivity index (χ4v) is 4.46. The number of carbonyl (C=O) groups excluding carboxylic acids is 1. The van der Waals surface area contributed by atoms with Crippen molar-refractivity contribution < 1.29 is 4.79 Å². The van der Waals surface area contributed by atoms with E-state index in [2.05, 4.69) is 41.4 Å². The molecule has 2 aliphatic carbocycles. The molecule has 2 N–H and O–H groups in total. The molecule has 0 radical (unpaired) electrons. The summed E-state index contributed by atoms with van der Waals surface area (Å²) in [6.07, 6.45) is 11.2. The van der Waals surface area contributed by atoms with Gasteiger partial charge in [0.05, 0.1) is 5.52 Å². The number of benzene rings is 2. The highest BCUT2D eigenvalue weighted by Gasteiger charge is 2.48. The van der Waals surface area contributed by atoms with Crippen molar-refractivity contribution in [3.63, 3.8) is 0 Å².